The summed E-state index contributed by atoms with van der Waals surface area (Å²) in [6.07, 6.45) is 3.97. The number of nitrogens with zero attached hydrogens (tertiary/aromatic N) is 4. The fraction of sp³-hybridized carbons (Fsp3) is 0. The van der Waals surface area contributed by atoms with Gasteiger partial charge < -0.3 is 5.73 Å². The normalized spacial score (nSPS) is 11.1. The quantitative estimate of drug-likeness (QED) is 0.764. The van der Waals surface area contributed by atoms with Crippen molar-refractivity contribution in [1.29, 1.82) is 0 Å². The third kappa shape index (κ3) is 2.45. The molecule has 2 aromatic heterocycles. The first-order valence-electron chi connectivity index (χ1n) is 4.46. The lowest BCUT2D eigenvalue weighted by atomic mass is 10.4. The molecule has 0 aliphatic carbocycles. The van der Waals surface area contributed by atoms with Crippen molar-refractivity contribution >= 4 is 21.7 Å². The zero-order valence-corrected chi connectivity index (χ0v) is 9.29. The number of anilines is 2. The molecule has 0 amide bonds. The molecular weight excluding hydrogens is 244 g/mol. The molecule has 9 heteroatoms. The minimum absolute atomic E-state index is 0.0453. The van der Waals surface area contributed by atoms with Crippen LogP contribution in [0.5, 0.6) is 0 Å². The molecule has 0 saturated carbocycles. The van der Waals surface area contributed by atoms with Gasteiger partial charge >= 0.3 is 0 Å². The van der Waals surface area contributed by atoms with E-state index in [0.29, 0.717) is 0 Å². The molecule has 2 aromatic rings. The van der Waals surface area contributed by atoms with Crippen LogP contribution >= 0.6 is 0 Å². The Morgan fingerprint density at radius 1 is 1.18 bits per heavy atom. The summed E-state index contributed by atoms with van der Waals surface area (Å²) >= 11 is 0. The van der Waals surface area contributed by atoms with Gasteiger partial charge in [0.25, 0.3) is 16.0 Å². The van der Waals surface area contributed by atoms with Crippen molar-refractivity contribution in [3.63, 3.8) is 0 Å². The molecule has 3 N–H and O–H groups in total. The van der Waals surface area contributed by atoms with Crippen molar-refractivity contribution < 1.29 is 8.42 Å². The fourth-order valence-electron chi connectivity index (χ4n) is 1.09. The smallest absolute Gasteiger partial charge is 0.283 e. The maximum Gasteiger partial charge on any atom is 0.283 e. The number of hydrogen-bond donors (Lipinski definition) is 2. The number of rotatable bonds is 3. The molecule has 0 radical (unpaired) electrons. The van der Waals surface area contributed by atoms with E-state index in [0.717, 1.165) is 0 Å². The van der Waals surface area contributed by atoms with E-state index in [2.05, 4.69) is 24.9 Å². The monoisotopic (exact) mass is 252 g/mol. The number of aromatic nitrogens is 4. The van der Waals surface area contributed by atoms with E-state index in [1.165, 1.54) is 30.7 Å². The van der Waals surface area contributed by atoms with Crippen molar-refractivity contribution in [2.24, 2.45) is 0 Å². The van der Waals surface area contributed by atoms with E-state index >= 15 is 0 Å². The van der Waals surface area contributed by atoms with Gasteiger partial charge in [-0.2, -0.15) is 13.5 Å². The number of nitrogen functional groups attached to an aromatic ring is 1. The van der Waals surface area contributed by atoms with Crippen LogP contribution in [0.2, 0.25) is 0 Å². The van der Waals surface area contributed by atoms with E-state index in [9.17, 15) is 8.42 Å². The lowest BCUT2D eigenvalue weighted by Crippen LogP contribution is -2.18. The molecule has 0 fully saturated rings. The van der Waals surface area contributed by atoms with Gasteiger partial charge in [0, 0.05) is 6.20 Å². The van der Waals surface area contributed by atoms with Crippen molar-refractivity contribution in [3.05, 3.63) is 30.7 Å². The average molecular weight is 252 g/mol. The average Bonchev–Trinajstić information content (AvgIpc) is 2.30. The molecule has 8 nitrogen and oxygen atoms in total. The van der Waals surface area contributed by atoms with E-state index in [4.69, 9.17) is 5.73 Å². The third-order valence-corrected chi connectivity index (χ3v) is 3.06. The molecule has 0 saturated heterocycles. The van der Waals surface area contributed by atoms with Crippen LogP contribution in [0.4, 0.5) is 11.6 Å². The number of nitrogens with one attached hydrogen (secondary N) is 1. The van der Waals surface area contributed by atoms with Crippen LogP contribution in [0, 0.1) is 0 Å². The van der Waals surface area contributed by atoms with Crippen LogP contribution in [-0.2, 0) is 10.0 Å². The highest BCUT2D eigenvalue weighted by Gasteiger charge is 2.19. The Kier molecular flexibility index (Phi) is 2.83. The summed E-state index contributed by atoms with van der Waals surface area (Å²) < 4.78 is 25.8. The van der Waals surface area contributed by atoms with Crippen molar-refractivity contribution in [2.45, 2.75) is 5.03 Å². The Hall–Kier alpha value is -2.29. The predicted octanol–water partition coefficient (Wildman–Crippen LogP) is -0.350. The molecule has 0 aromatic carbocycles. The van der Waals surface area contributed by atoms with Gasteiger partial charge in [0.1, 0.15) is 0 Å². The van der Waals surface area contributed by atoms with E-state index in [1.807, 2.05) is 0 Å². The highest BCUT2D eigenvalue weighted by molar-refractivity contribution is 7.92. The van der Waals surface area contributed by atoms with Crippen LogP contribution < -0.4 is 10.5 Å². The SMILES string of the molecule is Nc1cccnc1S(=O)(=O)Nc1nccnn1. The molecular formula is C8H8N6O2S. The molecule has 2 heterocycles. The second-order valence-electron chi connectivity index (χ2n) is 2.97. The molecule has 0 aliphatic rings. The molecule has 0 spiro atoms. The topological polar surface area (TPSA) is 124 Å². The zero-order chi connectivity index (χ0) is 12.3. The zero-order valence-electron chi connectivity index (χ0n) is 8.48. The maximum atomic E-state index is 11.9. The number of pyridine rings is 1. The molecule has 2 rings (SSSR count). The van der Waals surface area contributed by atoms with Gasteiger partial charge in [-0.15, -0.1) is 5.10 Å². The van der Waals surface area contributed by atoms with E-state index in [1.54, 1.807) is 0 Å². The van der Waals surface area contributed by atoms with Crippen LogP contribution in [0.3, 0.4) is 0 Å². The maximum absolute atomic E-state index is 11.9. The molecule has 88 valence electrons. The fourth-order valence-corrected chi connectivity index (χ4v) is 2.10. The van der Waals surface area contributed by atoms with Gasteiger partial charge in [0.15, 0.2) is 5.03 Å². The first-order valence-corrected chi connectivity index (χ1v) is 5.95. The van der Waals surface area contributed by atoms with E-state index in [-0.39, 0.29) is 16.7 Å². The third-order valence-electron chi connectivity index (χ3n) is 1.76. The Bertz CT molecular complexity index is 615. The van der Waals surface area contributed by atoms with E-state index < -0.39 is 10.0 Å². The molecule has 17 heavy (non-hydrogen) atoms. The van der Waals surface area contributed by atoms with Gasteiger partial charge in [-0.05, 0) is 12.1 Å². The van der Waals surface area contributed by atoms with Gasteiger partial charge in [-0.25, -0.2) is 14.7 Å². The molecule has 0 bridgehead atoms. The summed E-state index contributed by atoms with van der Waals surface area (Å²) in [4.78, 5) is 7.38. The van der Waals surface area contributed by atoms with Crippen molar-refractivity contribution in [3.8, 4) is 0 Å². The Balaban J connectivity index is 2.36. The minimum atomic E-state index is -3.90. The number of hydrogen-bond acceptors (Lipinski definition) is 7. The van der Waals surface area contributed by atoms with Gasteiger partial charge in [0.05, 0.1) is 18.1 Å². The Morgan fingerprint density at radius 3 is 2.65 bits per heavy atom. The molecule has 0 atom stereocenters. The van der Waals surface area contributed by atoms with Crippen LogP contribution in [-0.4, -0.2) is 28.6 Å². The molecule has 0 unspecified atom stereocenters. The van der Waals surface area contributed by atoms with Crippen molar-refractivity contribution in [1.82, 2.24) is 20.2 Å². The first kappa shape index (κ1) is 11.2. The standard InChI is InChI=1S/C8H8N6O2S/c9-6-2-1-3-10-7(6)17(15,16)14-8-11-4-5-12-13-8/h1-5H,9H2,(H,11,13,14). The predicted molar refractivity (Wildman–Crippen MR) is 59.3 cm³/mol. The summed E-state index contributed by atoms with van der Waals surface area (Å²) in [6, 6.07) is 2.97. The summed E-state index contributed by atoms with van der Waals surface area (Å²) in [5.74, 6) is -0.141. The summed E-state index contributed by atoms with van der Waals surface area (Å²) in [5, 5.41) is 6.72. The number of nitrogens with two attached hydrogens (primary N) is 1. The summed E-state index contributed by atoms with van der Waals surface area (Å²) in [6.45, 7) is 0. The van der Waals surface area contributed by atoms with Gasteiger partial charge in [0.2, 0.25) is 0 Å². The lowest BCUT2D eigenvalue weighted by Gasteiger charge is -2.06. The largest absolute Gasteiger partial charge is 0.396 e. The van der Waals surface area contributed by atoms with Crippen LogP contribution in [0.25, 0.3) is 0 Å². The summed E-state index contributed by atoms with van der Waals surface area (Å²) in [5.41, 5.74) is 5.57. The molecule has 0 aliphatic heterocycles. The Morgan fingerprint density at radius 2 is 2.00 bits per heavy atom. The number of sulfonamides is 1. The Labute approximate surface area is 97.0 Å². The lowest BCUT2D eigenvalue weighted by molar-refractivity contribution is 0.597. The highest BCUT2D eigenvalue weighted by Crippen LogP contribution is 2.15. The second kappa shape index (κ2) is 4.29. The van der Waals surface area contributed by atoms with Crippen molar-refractivity contribution in [2.75, 3.05) is 10.5 Å². The van der Waals surface area contributed by atoms with Crippen LogP contribution in [0.1, 0.15) is 0 Å². The minimum Gasteiger partial charge on any atom is -0.396 e. The van der Waals surface area contributed by atoms with Gasteiger partial charge in [-0.1, -0.05) is 0 Å². The van der Waals surface area contributed by atoms with Gasteiger partial charge in [-0.3, -0.25) is 0 Å². The van der Waals surface area contributed by atoms with Crippen LogP contribution in [0.15, 0.2) is 35.7 Å². The summed E-state index contributed by atoms with van der Waals surface area (Å²) in [7, 11) is -3.90. The first-order chi connectivity index (χ1) is 8.09. The highest BCUT2D eigenvalue weighted by atomic mass is 32.2. The second-order valence-corrected chi connectivity index (χ2v) is 4.57.